The van der Waals surface area contributed by atoms with Gasteiger partial charge in [-0.15, -0.1) is 0 Å². The fraction of sp³-hybridized carbons (Fsp3) is 0.474. The molecule has 0 saturated heterocycles. The normalized spacial score (nSPS) is 13.5. The molecule has 2 rings (SSSR count). The SMILES string of the molecule is Cc1c(CCC(=O)NCC(CC(C)O)c2ccccc2)cnn1C. The summed E-state index contributed by atoms with van der Waals surface area (Å²) in [7, 11) is 1.90. The van der Waals surface area contributed by atoms with Gasteiger partial charge in [0.1, 0.15) is 0 Å². The van der Waals surface area contributed by atoms with E-state index in [1.807, 2.05) is 55.2 Å². The van der Waals surface area contributed by atoms with E-state index in [0.29, 0.717) is 25.8 Å². The molecule has 0 fully saturated rings. The number of aliphatic hydroxyl groups excluding tert-OH is 1. The molecule has 0 bridgehead atoms. The van der Waals surface area contributed by atoms with E-state index in [0.717, 1.165) is 16.8 Å². The molecule has 2 N–H and O–H groups in total. The molecule has 1 aromatic carbocycles. The van der Waals surface area contributed by atoms with Gasteiger partial charge in [0.15, 0.2) is 0 Å². The number of aryl methyl sites for hydroxylation is 2. The van der Waals surface area contributed by atoms with Crippen LogP contribution in [-0.4, -0.2) is 33.4 Å². The Bertz CT molecular complexity index is 650. The molecule has 24 heavy (non-hydrogen) atoms. The van der Waals surface area contributed by atoms with E-state index in [4.69, 9.17) is 0 Å². The average Bonchev–Trinajstić information content (AvgIpc) is 2.89. The minimum Gasteiger partial charge on any atom is -0.393 e. The highest BCUT2D eigenvalue weighted by molar-refractivity contribution is 5.76. The molecule has 1 amide bonds. The Hall–Kier alpha value is -2.14. The Kier molecular flexibility index (Phi) is 6.55. The first-order valence-corrected chi connectivity index (χ1v) is 8.44. The smallest absolute Gasteiger partial charge is 0.220 e. The topological polar surface area (TPSA) is 67.2 Å². The van der Waals surface area contributed by atoms with Crippen molar-refractivity contribution in [2.24, 2.45) is 7.05 Å². The van der Waals surface area contributed by atoms with Crippen LogP contribution in [0.3, 0.4) is 0 Å². The van der Waals surface area contributed by atoms with Crippen molar-refractivity contribution in [1.29, 1.82) is 0 Å². The van der Waals surface area contributed by atoms with Gasteiger partial charge in [0.2, 0.25) is 5.91 Å². The van der Waals surface area contributed by atoms with Crippen LogP contribution in [0, 0.1) is 6.92 Å². The monoisotopic (exact) mass is 329 g/mol. The van der Waals surface area contributed by atoms with Crippen LogP contribution in [0.1, 0.15) is 42.5 Å². The minimum atomic E-state index is -0.398. The van der Waals surface area contributed by atoms with E-state index in [1.54, 1.807) is 6.92 Å². The van der Waals surface area contributed by atoms with Crippen LogP contribution < -0.4 is 5.32 Å². The molecule has 1 heterocycles. The summed E-state index contributed by atoms with van der Waals surface area (Å²) in [6.45, 7) is 4.33. The molecule has 0 aliphatic heterocycles. The Labute approximate surface area is 143 Å². The van der Waals surface area contributed by atoms with Gasteiger partial charge in [-0.2, -0.15) is 5.10 Å². The first-order valence-electron chi connectivity index (χ1n) is 8.44. The highest BCUT2D eigenvalue weighted by Gasteiger charge is 2.15. The van der Waals surface area contributed by atoms with E-state index in [1.165, 1.54) is 0 Å². The maximum Gasteiger partial charge on any atom is 0.220 e. The van der Waals surface area contributed by atoms with Gasteiger partial charge in [0, 0.05) is 31.6 Å². The van der Waals surface area contributed by atoms with Gasteiger partial charge in [-0.05, 0) is 37.8 Å². The molecular weight excluding hydrogens is 302 g/mol. The molecule has 0 spiro atoms. The lowest BCUT2D eigenvalue weighted by Gasteiger charge is -2.19. The largest absolute Gasteiger partial charge is 0.393 e. The fourth-order valence-electron chi connectivity index (χ4n) is 2.84. The Morgan fingerprint density at radius 1 is 1.33 bits per heavy atom. The van der Waals surface area contributed by atoms with Gasteiger partial charge in [-0.25, -0.2) is 0 Å². The fourth-order valence-corrected chi connectivity index (χ4v) is 2.84. The number of nitrogens with zero attached hydrogens (tertiary/aromatic N) is 2. The zero-order valence-corrected chi connectivity index (χ0v) is 14.7. The van der Waals surface area contributed by atoms with Gasteiger partial charge in [-0.3, -0.25) is 9.48 Å². The van der Waals surface area contributed by atoms with Crippen molar-refractivity contribution in [2.75, 3.05) is 6.54 Å². The number of hydrogen-bond acceptors (Lipinski definition) is 3. The predicted molar refractivity (Wildman–Crippen MR) is 94.8 cm³/mol. The summed E-state index contributed by atoms with van der Waals surface area (Å²) < 4.78 is 1.82. The molecule has 2 atom stereocenters. The van der Waals surface area contributed by atoms with E-state index >= 15 is 0 Å². The van der Waals surface area contributed by atoms with Gasteiger partial charge in [-0.1, -0.05) is 30.3 Å². The number of hydrogen-bond donors (Lipinski definition) is 2. The van der Waals surface area contributed by atoms with E-state index in [2.05, 4.69) is 10.4 Å². The number of nitrogens with one attached hydrogen (secondary N) is 1. The summed E-state index contributed by atoms with van der Waals surface area (Å²) in [5.74, 6) is 0.153. The van der Waals surface area contributed by atoms with Crippen LogP contribution in [-0.2, 0) is 18.3 Å². The van der Waals surface area contributed by atoms with Crippen molar-refractivity contribution < 1.29 is 9.90 Å². The number of aliphatic hydroxyl groups is 1. The number of carbonyl (C=O) groups is 1. The minimum absolute atomic E-state index is 0.0322. The molecule has 5 heteroatoms. The summed E-state index contributed by atoms with van der Waals surface area (Å²) in [5.41, 5.74) is 3.34. The van der Waals surface area contributed by atoms with Crippen molar-refractivity contribution in [3.8, 4) is 0 Å². The Morgan fingerprint density at radius 3 is 2.62 bits per heavy atom. The van der Waals surface area contributed by atoms with Crippen molar-refractivity contribution in [3.63, 3.8) is 0 Å². The molecule has 1 aromatic heterocycles. The number of benzene rings is 1. The zero-order chi connectivity index (χ0) is 17.5. The van der Waals surface area contributed by atoms with Crippen molar-refractivity contribution in [1.82, 2.24) is 15.1 Å². The Balaban J connectivity index is 1.86. The third-order valence-electron chi connectivity index (χ3n) is 4.40. The quantitative estimate of drug-likeness (QED) is 0.781. The highest BCUT2D eigenvalue weighted by atomic mass is 16.3. The molecule has 0 aliphatic rings. The molecule has 2 aromatic rings. The van der Waals surface area contributed by atoms with Gasteiger partial charge in [0.25, 0.3) is 0 Å². The maximum atomic E-state index is 12.2. The highest BCUT2D eigenvalue weighted by Crippen LogP contribution is 2.20. The van der Waals surface area contributed by atoms with Crippen LogP contribution in [0.15, 0.2) is 36.5 Å². The standard InChI is InChI=1S/C19H27N3O2/c1-14(23)11-18(16-7-5-4-6-8-16)12-20-19(24)10-9-17-13-21-22(3)15(17)2/h4-8,13-14,18,23H,9-12H2,1-3H3,(H,20,24). The van der Waals surface area contributed by atoms with Gasteiger partial charge < -0.3 is 10.4 Å². The lowest BCUT2D eigenvalue weighted by atomic mass is 9.93. The summed E-state index contributed by atoms with van der Waals surface area (Å²) in [4.78, 5) is 12.2. The summed E-state index contributed by atoms with van der Waals surface area (Å²) in [6, 6.07) is 10.0. The van der Waals surface area contributed by atoms with E-state index in [-0.39, 0.29) is 11.8 Å². The van der Waals surface area contributed by atoms with Crippen LogP contribution in [0.4, 0.5) is 0 Å². The Morgan fingerprint density at radius 2 is 2.04 bits per heavy atom. The van der Waals surface area contributed by atoms with Crippen LogP contribution in [0.5, 0.6) is 0 Å². The number of carbonyl (C=O) groups excluding carboxylic acids is 1. The summed E-state index contributed by atoms with van der Waals surface area (Å²) >= 11 is 0. The molecular formula is C19H27N3O2. The molecule has 2 unspecified atom stereocenters. The van der Waals surface area contributed by atoms with Crippen LogP contribution >= 0.6 is 0 Å². The lowest BCUT2D eigenvalue weighted by molar-refractivity contribution is -0.121. The first-order chi connectivity index (χ1) is 11.5. The number of amides is 1. The molecule has 0 radical (unpaired) electrons. The predicted octanol–water partition coefficient (Wildman–Crippen LogP) is 2.33. The van der Waals surface area contributed by atoms with E-state index in [9.17, 15) is 9.90 Å². The molecule has 0 aliphatic carbocycles. The van der Waals surface area contributed by atoms with E-state index < -0.39 is 6.10 Å². The van der Waals surface area contributed by atoms with Gasteiger partial charge >= 0.3 is 0 Å². The lowest BCUT2D eigenvalue weighted by Crippen LogP contribution is -2.29. The molecule has 0 saturated carbocycles. The number of aromatic nitrogens is 2. The number of rotatable bonds is 8. The van der Waals surface area contributed by atoms with Gasteiger partial charge in [0.05, 0.1) is 12.3 Å². The summed E-state index contributed by atoms with van der Waals surface area (Å²) in [6.07, 6.45) is 3.19. The third kappa shape index (κ3) is 5.20. The van der Waals surface area contributed by atoms with Crippen molar-refractivity contribution in [3.05, 3.63) is 53.3 Å². The van der Waals surface area contributed by atoms with Crippen molar-refractivity contribution in [2.45, 2.75) is 45.1 Å². The summed E-state index contributed by atoms with van der Waals surface area (Å²) in [5, 5.41) is 16.9. The molecule has 130 valence electrons. The van der Waals surface area contributed by atoms with Crippen LogP contribution in [0.25, 0.3) is 0 Å². The second-order valence-corrected chi connectivity index (χ2v) is 6.38. The molecule has 5 nitrogen and oxygen atoms in total. The average molecular weight is 329 g/mol. The first kappa shape index (κ1) is 18.2. The second kappa shape index (κ2) is 8.64. The van der Waals surface area contributed by atoms with Crippen molar-refractivity contribution >= 4 is 5.91 Å². The maximum absolute atomic E-state index is 12.2. The zero-order valence-electron chi connectivity index (χ0n) is 14.7. The second-order valence-electron chi connectivity index (χ2n) is 6.38. The van der Waals surface area contributed by atoms with Crippen LogP contribution in [0.2, 0.25) is 0 Å². The third-order valence-corrected chi connectivity index (χ3v) is 4.40.